The third kappa shape index (κ3) is 2.81. The smallest absolute Gasteiger partial charge is 0.294 e. The fraction of sp³-hybridized carbons (Fsp3) is 1.00. The van der Waals surface area contributed by atoms with Gasteiger partial charge >= 0.3 is 0 Å². The summed E-state index contributed by atoms with van der Waals surface area (Å²) < 4.78 is 23.0. The fourth-order valence-electron chi connectivity index (χ4n) is 2.29. The maximum atomic E-state index is 12.1. The molecule has 0 aliphatic carbocycles. The number of hydrogen-bond donors (Lipinski definition) is 0. The van der Waals surface area contributed by atoms with Gasteiger partial charge in [0.05, 0.1) is 18.5 Å². The van der Waals surface area contributed by atoms with E-state index in [2.05, 4.69) is 4.84 Å². The van der Waals surface area contributed by atoms with Gasteiger partial charge in [-0.1, -0.05) is 13.3 Å². The second-order valence-corrected chi connectivity index (χ2v) is 6.22. The molecular formula is C10H17NO6S. The van der Waals surface area contributed by atoms with E-state index >= 15 is 0 Å². The van der Waals surface area contributed by atoms with Gasteiger partial charge in [0.15, 0.2) is 6.10 Å². The van der Waals surface area contributed by atoms with Crippen molar-refractivity contribution in [1.29, 1.82) is 0 Å². The molecule has 104 valence electrons. The summed E-state index contributed by atoms with van der Waals surface area (Å²) in [5.74, 6) is 0.623. The van der Waals surface area contributed by atoms with Gasteiger partial charge in [-0.25, -0.2) is 0 Å². The van der Waals surface area contributed by atoms with Crippen LogP contribution in [0.25, 0.3) is 0 Å². The molecule has 2 heterocycles. The second kappa shape index (κ2) is 5.94. The van der Waals surface area contributed by atoms with Crippen LogP contribution in [0, 0.1) is 10.1 Å². The highest BCUT2D eigenvalue weighted by Gasteiger charge is 2.51. The van der Waals surface area contributed by atoms with Crippen molar-refractivity contribution in [1.82, 2.24) is 0 Å². The first kappa shape index (κ1) is 13.7. The van der Waals surface area contributed by atoms with Crippen LogP contribution in [0.1, 0.15) is 19.8 Å². The van der Waals surface area contributed by atoms with Crippen molar-refractivity contribution in [2.24, 2.45) is 0 Å². The van der Waals surface area contributed by atoms with Crippen molar-refractivity contribution in [2.75, 3.05) is 19.0 Å². The number of fused-ring (bicyclic) bond motifs is 1. The molecule has 5 atom stereocenters. The highest BCUT2D eigenvalue weighted by molar-refractivity contribution is 7.85. The lowest BCUT2D eigenvalue weighted by Crippen LogP contribution is -2.36. The highest BCUT2D eigenvalue weighted by Crippen LogP contribution is 2.31. The average Bonchev–Trinajstić information content (AvgIpc) is 2.88. The SMILES string of the molecule is CCCCS(=O)[C@H]1COC2C1OC[C@H]2O[N+](=O)[O-]. The summed E-state index contributed by atoms with van der Waals surface area (Å²) in [5.41, 5.74) is 0. The predicted octanol–water partition coefficient (Wildman–Crippen LogP) is 0.278. The maximum Gasteiger partial charge on any atom is 0.294 e. The molecule has 0 amide bonds. The van der Waals surface area contributed by atoms with E-state index in [0.717, 1.165) is 12.8 Å². The molecule has 18 heavy (non-hydrogen) atoms. The van der Waals surface area contributed by atoms with Gasteiger partial charge in [-0.2, -0.15) is 0 Å². The zero-order chi connectivity index (χ0) is 13.1. The molecule has 2 aliphatic heterocycles. The van der Waals surface area contributed by atoms with Crippen molar-refractivity contribution < 1.29 is 23.6 Å². The number of hydrogen-bond acceptors (Lipinski definition) is 6. The molecule has 0 N–H and O–H groups in total. The van der Waals surface area contributed by atoms with Gasteiger partial charge in [-0.3, -0.25) is 4.21 Å². The molecule has 2 aliphatic rings. The third-order valence-electron chi connectivity index (χ3n) is 3.22. The molecule has 0 aromatic carbocycles. The van der Waals surface area contributed by atoms with Crippen molar-refractivity contribution in [3.8, 4) is 0 Å². The molecule has 0 saturated carbocycles. The molecule has 2 saturated heterocycles. The largest absolute Gasteiger partial charge is 0.372 e. The molecular weight excluding hydrogens is 262 g/mol. The fourth-order valence-corrected chi connectivity index (χ4v) is 3.93. The van der Waals surface area contributed by atoms with Crippen LogP contribution in [0.5, 0.6) is 0 Å². The van der Waals surface area contributed by atoms with Gasteiger partial charge in [-0.05, 0) is 6.42 Å². The molecule has 7 nitrogen and oxygen atoms in total. The van der Waals surface area contributed by atoms with Gasteiger partial charge in [0.1, 0.15) is 12.2 Å². The van der Waals surface area contributed by atoms with E-state index in [0.29, 0.717) is 12.4 Å². The number of nitrogens with zero attached hydrogens (tertiary/aromatic N) is 1. The summed E-state index contributed by atoms with van der Waals surface area (Å²) in [6.07, 6.45) is 0.383. The van der Waals surface area contributed by atoms with Crippen LogP contribution in [0.2, 0.25) is 0 Å². The van der Waals surface area contributed by atoms with Crippen LogP contribution in [0.15, 0.2) is 0 Å². The van der Waals surface area contributed by atoms with Crippen LogP contribution in [0.4, 0.5) is 0 Å². The zero-order valence-electron chi connectivity index (χ0n) is 10.1. The van der Waals surface area contributed by atoms with Gasteiger partial charge in [0.2, 0.25) is 0 Å². The van der Waals surface area contributed by atoms with E-state index in [1.165, 1.54) is 0 Å². The first-order valence-electron chi connectivity index (χ1n) is 6.05. The summed E-state index contributed by atoms with van der Waals surface area (Å²) in [6.45, 7) is 2.49. The molecule has 3 unspecified atom stereocenters. The molecule has 0 radical (unpaired) electrons. The van der Waals surface area contributed by atoms with E-state index in [1.54, 1.807) is 0 Å². The zero-order valence-corrected chi connectivity index (χ0v) is 11.0. The standard InChI is InChI=1S/C10H17NO6S/c1-2-3-4-18(14)8-6-16-9-7(17-11(12)13)5-15-10(8)9/h7-10H,2-6H2,1H3/t7-,8+,9?,10?,18?/m1/s1. The minimum atomic E-state index is -1.01. The Morgan fingerprint density at radius 3 is 2.78 bits per heavy atom. The maximum absolute atomic E-state index is 12.1. The van der Waals surface area contributed by atoms with Crippen molar-refractivity contribution >= 4 is 10.8 Å². The van der Waals surface area contributed by atoms with E-state index in [-0.39, 0.29) is 18.0 Å². The summed E-state index contributed by atoms with van der Waals surface area (Å²) in [5, 5.41) is 9.29. The lowest BCUT2D eigenvalue weighted by atomic mass is 10.1. The van der Waals surface area contributed by atoms with Gasteiger partial charge in [-0.15, -0.1) is 10.1 Å². The summed E-state index contributed by atoms with van der Waals surface area (Å²) in [7, 11) is -1.01. The molecule has 0 aromatic rings. The Kier molecular flexibility index (Phi) is 4.52. The number of rotatable bonds is 6. The van der Waals surface area contributed by atoms with Gasteiger partial charge in [0.25, 0.3) is 5.09 Å². The van der Waals surface area contributed by atoms with Crippen LogP contribution in [-0.2, 0) is 25.1 Å². The number of ether oxygens (including phenoxy) is 2. The normalized spacial score (nSPS) is 36.3. The van der Waals surface area contributed by atoms with Crippen LogP contribution < -0.4 is 0 Å². The Balaban J connectivity index is 1.92. The quantitative estimate of drug-likeness (QED) is 0.512. The van der Waals surface area contributed by atoms with Gasteiger partial charge in [0, 0.05) is 16.6 Å². The summed E-state index contributed by atoms with van der Waals surface area (Å²) in [6, 6.07) is 0. The predicted molar refractivity (Wildman–Crippen MR) is 63.1 cm³/mol. The summed E-state index contributed by atoms with van der Waals surface area (Å²) >= 11 is 0. The summed E-state index contributed by atoms with van der Waals surface area (Å²) in [4.78, 5) is 14.8. The lowest BCUT2D eigenvalue weighted by molar-refractivity contribution is -0.769. The van der Waals surface area contributed by atoms with Crippen molar-refractivity contribution in [2.45, 2.75) is 43.3 Å². The Hall–Kier alpha value is -0.730. The molecule has 2 rings (SSSR count). The minimum absolute atomic E-state index is 0.123. The molecule has 0 aromatic heterocycles. The average molecular weight is 279 g/mol. The van der Waals surface area contributed by atoms with E-state index in [9.17, 15) is 14.3 Å². The van der Waals surface area contributed by atoms with E-state index in [1.807, 2.05) is 6.92 Å². The Bertz CT molecular complexity index is 338. The van der Waals surface area contributed by atoms with Crippen molar-refractivity contribution in [3.05, 3.63) is 10.1 Å². The number of unbranched alkanes of at least 4 members (excludes halogenated alkanes) is 1. The van der Waals surface area contributed by atoms with Crippen LogP contribution >= 0.6 is 0 Å². The first-order valence-corrected chi connectivity index (χ1v) is 7.43. The van der Waals surface area contributed by atoms with Crippen LogP contribution in [0.3, 0.4) is 0 Å². The van der Waals surface area contributed by atoms with Gasteiger partial charge < -0.3 is 14.3 Å². The Morgan fingerprint density at radius 1 is 1.39 bits per heavy atom. The topological polar surface area (TPSA) is 87.9 Å². The molecule has 2 fully saturated rings. The monoisotopic (exact) mass is 279 g/mol. The lowest BCUT2D eigenvalue weighted by Gasteiger charge is -2.15. The molecule has 0 bridgehead atoms. The first-order chi connectivity index (χ1) is 8.63. The Morgan fingerprint density at radius 2 is 2.11 bits per heavy atom. The Labute approximate surface area is 107 Å². The van der Waals surface area contributed by atoms with Crippen molar-refractivity contribution in [3.63, 3.8) is 0 Å². The molecule has 0 spiro atoms. The third-order valence-corrected chi connectivity index (χ3v) is 4.99. The van der Waals surface area contributed by atoms with E-state index < -0.39 is 28.1 Å². The second-order valence-electron chi connectivity index (χ2n) is 4.44. The molecule has 8 heteroatoms. The minimum Gasteiger partial charge on any atom is -0.372 e. The van der Waals surface area contributed by atoms with Crippen LogP contribution in [-0.4, -0.2) is 51.8 Å². The highest BCUT2D eigenvalue weighted by atomic mass is 32.2. The van der Waals surface area contributed by atoms with E-state index in [4.69, 9.17) is 9.47 Å².